The minimum absolute atomic E-state index is 0.0956. The van der Waals surface area contributed by atoms with Crippen molar-refractivity contribution in [3.05, 3.63) is 96.1 Å². The molecule has 0 saturated carbocycles. The highest BCUT2D eigenvalue weighted by Gasteiger charge is 2.29. The number of ether oxygens (including phenoxy) is 1. The van der Waals surface area contributed by atoms with Crippen molar-refractivity contribution in [1.82, 2.24) is 4.57 Å². The first kappa shape index (κ1) is 26.3. The second-order valence-electron chi connectivity index (χ2n) is 9.54. The molecule has 1 N–H and O–H groups in total. The molecule has 0 aliphatic heterocycles. The molecule has 1 amide bonds. The molecular formula is C31H31N3O4S. The van der Waals surface area contributed by atoms with E-state index in [4.69, 9.17) is 4.74 Å². The number of anilines is 2. The van der Waals surface area contributed by atoms with Gasteiger partial charge < -0.3 is 14.6 Å². The largest absolute Gasteiger partial charge is 0.495 e. The quantitative estimate of drug-likeness (QED) is 0.251. The van der Waals surface area contributed by atoms with Crippen molar-refractivity contribution in [3.8, 4) is 5.75 Å². The topological polar surface area (TPSA) is 80.6 Å². The van der Waals surface area contributed by atoms with E-state index >= 15 is 0 Å². The molecule has 4 aromatic carbocycles. The number of aryl methyl sites for hydroxylation is 3. The van der Waals surface area contributed by atoms with Crippen molar-refractivity contribution in [1.29, 1.82) is 0 Å². The van der Waals surface area contributed by atoms with Crippen LogP contribution in [0.3, 0.4) is 0 Å². The Bertz CT molecular complexity index is 1790. The van der Waals surface area contributed by atoms with Crippen LogP contribution in [0.2, 0.25) is 0 Å². The maximum Gasteiger partial charge on any atom is 0.264 e. The zero-order valence-corrected chi connectivity index (χ0v) is 23.2. The number of fused-ring (bicyclic) bond motifs is 3. The molecule has 5 rings (SSSR count). The maximum absolute atomic E-state index is 13.9. The fraction of sp³-hybridized carbons (Fsp3) is 0.194. The lowest BCUT2D eigenvalue weighted by atomic mass is 10.1. The van der Waals surface area contributed by atoms with Crippen LogP contribution in [0, 0.1) is 13.8 Å². The van der Waals surface area contributed by atoms with Gasteiger partial charge in [-0.3, -0.25) is 9.10 Å². The van der Waals surface area contributed by atoms with Gasteiger partial charge in [0.25, 0.3) is 10.0 Å². The Hall–Kier alpha value is -4.30. The molecule has 0 spiro atoms. The van der Waals surface area contributed by atoms with Crippen molar-refractivity contribution >= 4 is 49.1 Å². The van der Waals surface area contributed by atoms with E-state index in [1.807, 2.05) is 50.2 Å². The Morgan fingerprint density at radius 3 is 2.28 bits per heavy atom. The number of benzene rings is 4. The lowest BCUT2D eigenvalue weighted by Gasteiger charge is -2.26. The molecule has 0 bridgehead atoms. The van der Waals surface area contributed by atoms with Gasteiger partial charge >= 0.3 is 0 Å². The summed E-state index contributed by atoms with van der Waals surface area (Å²) in [6.07, 6.45) is 0. The van der Waals surface area contributed by atoms with Crippen molar-refractivity contribution < 1.29 is 17.9 Å². The summed E-state index contributed by atoms with van der Waals surface area (Å²) in [6.45, 7) is 6.25. The molecule has 0 saturated heterocycles. The molecular weight excluding hydrogens is 510 g/mol. The van der Waals surface area contributed by atoms with Crippen molar-refractivity contribution in [3.63, 3.8) is 0 Å². The summed E-state index contributed by atoms with van der Waals surface area (Å²) in [4.78, 5) is 13.5. The molecule has 0 radical (unpaired) electrons. The highest BCUT2D eigenvalue weighted by Crippen LogP contribution is 2.34. The van der Waals surface area contributed by atoms with Gasteiger partial charge in [0, 0.05) is 34.0 Å². The van der Waals surface area contributed by atoms with Crippen LogP contribution in [0.5, 0.6) is 5.75 Å². The fourth-order valence-electron chi connectivity index (χ4n) is 4.94. The summed E-state index contributed by atoms with van der Waals surface area (Å²) in [5.74, 6) is -0.106. The summed E-state index contributed by atoms with van der Waals surface area (Å²) in [5, 5.41) is 5.03. The second-order valence-corrected chi connectivity index (χ2v) is 11.4. The van der Waals surface area contributed by atoms with E-state index in [-0.39, 0.29) is 4.90 Å². The molecule has 0 fully saturated rings. The first-order chi connectivity index (χ1) is 18.7. The molecule has 8 heteroatoms. The van der Waals surface area contributed by atoms with Crippen LogP contribution in [0.15, 0.2) is 89.8 Å². The average Bonchev–Trinajstić information content (AvgIpc) is 3.25. The predicted molar refractivity (Wildman–Crippen MR) is 157 cm³/mol. The number of carbonyl (C=O) groups is 1. The number of rotatable bonds is 8. The van der Waals surface area contributed by atoms with Crippen molar-refractivity contribution in [2.24, 2.45) is 0 Å². The molecule has 0 aliphatic carbocycles. The van der Waals surface area contributed by atoms with Crippen LogP contribution >= 0.6 is 0 Å². The standard InChI is InChI=1S/C31H31N3O4S/c1-5-33-27-9-7-6-8-25(27)26-19-23(13-16-28(26)33)32-31(35)20-34(29-18-22(3)12-17-30(29)38-4)39(36,37)24-14-10-21(2)11-15-24/h6-19H,5,20H2,1-4H3,(H,32,35). The third-order valence-electron chi connectivity index (χ3n) is 6.87. The Kier molecular flexibility index (Phi) is 7.06. The molecule has 0 atom stereocenters. The van der Waals surface area contributed by atoms with Crippen LogP contribution < -0.4 is 14.4 Å². The maximum atomic E-state index is 13.9. The van der Waals surface area contributed by atoms with E-state index in [1.54, 1.807) is 36.4 Å². The number of aromatic nitrogens is 1. The Morgan fingerprint density at radius 1 is 0.872 bits per heavy atom. The van der Waals surface area contributed by atoms with E-state index in [0.29, 0.717) is 17.1 Å². The first-order valence-corrected chi connectivity index (χ1v) is 14.2. The molecule has 0 unspecified atom stereocenters. The van der Waals surface area contributed by atoms with Crippen LogP contribution in [0.25, 0.3) is 21.8 Å². The summed E-state index contributed by atoms with van der Waals surface area (Å²) < 4.78 is 36.5. The first-order valence-electron chi connectivity index (χ1n) is 12.8. The van der Waals surface area contributed by atoms with Crippen LogP contribution in [0.1, 0.15) is 18.1 Å². The van der Waals surface area contributed by atoms with Crippen LogP contribution in [-0.4, -0.2) is 32.5 Å². The smallest absolute Gasteiger partial charge is 0.264 e. The Morgan fingerprint density at radius 2 is 1.56 bits per heavy atom. The Labute approximate surface area is 228 Å². The minimum atomic E-state index is -4.08. The number of nitrogens with one attached hydrogen (secondary N) is 1. The van der Waals surface area contributed by atoms with Gasteiger partial charge in [0.15, 0.2) is 0 Å². The number of hydrogen-bond donors (Lipinski definition) is 1. The lowest BCUT2D eigenvalue weighted by molar-refractivity contribution is -0.114. The number of carbonyl (C=O) groups excluding carboxylic acids is 1. The minimum Gasteiger partial charge on any atom is -0.495 e. The Balaban J connectivity index is 1.52. The molecule has 7 nitrogen and oxygen atoms in total. The SMILES string of the molecule is CCn1c2ccccc2c2cc(NC(=O)CN(c3cc(C)ccc3OC)S(=O)(=O)c3ccc(C)cc3)ccc21. The number of sulfonamides is 1. The van der Waals surface area contributed by atoms with Gasteiger partial charge in [-0.15, -0.1) is 0 Å². The van der Waals surface area contributed by atoms with Crippen LogP contribution in [-0.2, 0) is 21.4 Å². The summed E-state index contributed by atoms with van der Waals surface area (Å²) in [5.41, 5.74) is 4.87. The predicted octanol–water partition coefficient (Wildman–Crippen LogP) is 6.27. The summed E-state index contributed by atoms with van der Waals surface area (Å²) >= 11 is 0. The van der Waals surface area contributed by atoms with E-state index in [1.165, 1.54) is 7.11 Å². The van der Waals surface area contributed by atoms with Gasteiger partial charge in [0.05, 0.1) is 17.7 Å². The third-order valence-corrected chi connectivity index (χ3v) is 8.65. The van der Waals surface area contributed by atoms with Gasteiger partial charge in [-0.05, 0) is 74.9 Å². The van der Waals surface area contributed by atoms with E-state index < -0.39 is 22.5 Å². The van der Waals surface area contributed by atoms with E-state index in [0.717, 1.165) is 43.8 Å². The number of amides is 1. The normalized spacial score (nSPS) is 11.6. The van der Waals surface area contributed by atoms with Crippen molar-refractivity contribution in [2.45, 2.75) is 32.2 Å². The highest BCUT2D eigenvalue weighted by molar-refractivity contribution is 7.92. The number of hydrogen-bond acceptors (Lipinski definition) is 4. The zero-order chi connectivity index (χ0) is 27.7. The highest BCUT2D eigenvalue weighted by atomic mass is 32.2. The van der Waals surface area contributed by atoms with E-state index in [9.17, 15) is 13.2 Å². The monoisotopic (exact) mass is 541 g/mol. The summed E-state index contributed by atoms with van der Waals surface area (Å²) in [7, 11) is -2.60. The number of nitrogens with zero attached hydrogens (tertiary/aromatic N) is 2. The third kappa shape index (κ3) is 4.95. The number of methoxy groups -OCH3 is 1. The molecule has 39 heavy (non-hydrogen) atoms. The van der Waals surface area contributed by atoms with Gasteiger partial charge in [0.1, 0.15) is 12.3 Å². The van der Waals surface area contributed by atoms with Gasteiger partial charge in [-0.1, -0.05) is 42.0 Å². The van der Waals surface area contributed by atoms with Gasteiger partial charge in [0.2, 0.25) is 5.91 Å². The van der Waals surface area contributed by atoms with Crippen molar-refractivity contribution in [2.75, 3.05) is 23.3 Å². The van der Waals surface area contributed by atoms with E-state index in [2.05, 4.69) is 28.9 Å². The molecule has 1 heterocycles. The van der Waals surface area contributed by atoms with Crippen LogP contribution in [0.4, 0.5) is 11.4 Å². The molecule has 1 aromatic heterocycles. The second kappa shape index (κ2) is 10.5. The zero-order valence-electron chi connectivity index (χ0n) is 22.4. The average molecular weight is 542 g/mol. The number of para-hydroxylation sites is 1. The lowest BCUT2D eigenvalue weighted by Crippen LogP contribution is -2.38. The van der Waals surface area contributed by atoms with Gasteiger partial charge in [-0.2, -0.15) is 0 Å². The molecule has 0 aliphatic rings. The molecule has 200 valence electrons. The molecule has 5 aromatic rings. The fourth-order valence-corrected chi connectivity index (χ4v) is 6.36. The van der Waals surface area contributed by atoms with Gasteiger partial charge in [-0.25, -0.2) is 8.42 Å². The summed E-state index contributed by atoms with van der Waals surface area (Å²) in [6, 6.07) is 25.8.